The van der Waals surface area contributed by atoms with Crippen LogP contribution in [0.1, 0.15) is 56.9 Å². The zero-order valence-corrected chi connectivity index (χ0v) is 16.5. The van der Waals surface area contributed by atoms with Gasteiger partial charge in [0, 0.05) is 13.0 Å². The van der Waals surface area contributed by atoms with Crippen LogP contribution in [0.15, 0.2) is 24.3 Å². The van der Waals surface area contributed by atoms with Gasteiger partial charge in [0.05, 0.1) is 6.10 Å². The molecule has 2 N–H and O–H groups in total. The number of amides is 1. The van der Waals surface area contributed by atoms with Crippen LogP contribution in [0.3, 0.4) is 0 Å². The molecule has 1 aromatic rings. The summed E-state index contributed by atoms with van der Waals surface area (Å²) in [7, 11) is 0. The summed E-state index contributed by atoms with van der Waals surface area (Å²) in [5, 5.41) is 6.50. The highest BCUT2D eigenvalue weighted by Crippen LogP contribution is 2.24. The van der Waals surface area contributed by atoms with Crippen LogP contribution in [-0.4, -0.2) is 31.6 Å². The molecule has 1 unspecified atom stereocenters. The van der Waals surface area contributed by atoms with Crippen LogP contribution in [-0.2, 0) is 11.2 Å². The molecule has 1 heterocycles. The van der Waals surface area contributed by atoms with Crippen LogP contribution >= 0.6 is 12.4 Å². The first-order valence-electron chi connectivity index (χ1n) is 10.0. The molecule has 5 heteroatoms. The molecule has 1 aliphatic carbocycles. The number of carbonyl (C=O) groups is 1. The Labute approximate surface area is 163 Å². The van der Waals surface area contributed by atoms with E-state index >= 15 is 0 Å². The van der Waals surface area contributed by atoms with Crippen LogP contribution in [0, 0.1) is 5.92 Å². The zero-order chi connectivity index (χ0) is 17.3. The van der Waals surface area contributed by atoms with E-state index in [1.165, 1.54) is 44.1 Å². The molecule has 146 valence electrons. The van der Waals surface area contributed by atoms with Gasteiger partial charge >= 0.3 is 0 Å². The van der Waals surface area contributed by atoms with Crippen LogP contribution in [0.25, 0.3) is 0 Å². The maximum Gasteiger partial charge on any atom is 0.220 e. The number of ether oxygens (including phenoxy) is 1. The highest BCUT2D eigenvalue weighted by Gasteiger charge is 2.16. The molecule has 0 radical (unpaired) electrons. The Kier molecular flexibility index (Phi) is 9.27. The monoisotopic (exact) mass is 380 g/mol. The lowest BCUT2D eigenvalue weighted by Gasteiger charge is -2.22. The molecule has 1 saturated carbocycles. The summed E-state index contributed by atoms with van der Waals surface area (Å²) < 4.78 is 6.05. The Morgan fingerprint density at radius 2 is 2.04 bits per heavy atom. The molecule has 0 spiro atoms. The van der Waals surface area contributed by atoms with Gasteiger partial charge < -0.3 is 15.4 Å². The van der Waals surface area contributed by atoms with E-state index in [0.29, 0.717) is 12.5 Å². The first-order valence-corrected chi connectivity index (χ1v) is 10.0. The second-order valence-corrected chi connectivity index (χ2v) is 7.52. The summed E-state index contributed by atoms with van der Waals surface area (Å²) in [6.45, 7) is 3.05. The van der Waals surface area contributed by atoms with Crippen molar-refractivity contribution in [3.05, 3.63) is 29.8 Å². The van der Waals surface area contributed by atoms with Gasteiger partial charge in [-0.25, -0.2) is 0 Å². The van der Waals surface area contributed by atoms with Gasteiger partial charge in [0.25, 0.3) is 0 Å². The molecule has 0 bridgehead atoms. The number of halogens is 1. The average Bonchev–Trinajstić information content (AvgIpc) is 3.14. The lowest BCUT2D eigenvalue weighted by molar-refractivity contribution is -0.121. The quantitative estimate of drug-likeness (QED) is 0.719. The maximum atomic E-state index is 12.1. The Balaban J connectivity index is 0.00000243. The summed E-state index contributed by atoms with van der Waals surface area (Å²) in [5.74, 6) is 1.83. The molecule has 0 aromatic heterocycles. The molecule has 3 rings (SSSR count). The van der Waals surface area contributed by atoms with E-state index in [-0.39, 0.29) is 18.3 Å². The number of hydrogen-bond acceptors (Lipinski definition) is 3. The van der Waals surface area contributed by atoms with Gasteiger partial charge in [-0.05, 0) is 88.1 Å². The van der Waals surface area contributed by atoms with Crippen molar-refractivity contribution in [2.75, 3.05) is 19.6 Å². The number of rotatable bonds is 8. The number of nitrogens with one attached hydrogen (secondary N) is 2. The Hall–Kier alpha value is -1.26. The highest BCUT2D eigenvalue weighted by molar-refractivity contribution is 5.85. The minimum atomic E-state index is 0. The SMILES string of the molecule is Cl.O=C(CCc1cccc(OC2CCCC2)c1)NCCC1CCCNC1. The molecular formula is C21H33ClN2O2. The molecule has 1 atom stereocenters. The van der Waals surface area contributed by atoms with Gasteiger partial charge in [-0.2, -0.15) is 0 Å². The molecule has 2 aliphatic rings. The molecule has 1 saturated heterocycles. The number of aryl methyl sites for hydroxylation is 1. The molecule has 26 heavy (non-hydrogen) atoms. The van der Waals surface area contributed by atoms with E-state index in [4.69, 9.17) is 4.74 Å². The average molecular weight is 381 g/mol. The van der Waals surface area contributed by atoms with Gasteiger partial charge in [-0.15, -0.1) is 12.4 Å². The number of carbonyl (C=O) groups excluding carboxylic acids is 1. The van der Waals surface area contributed by atoms with E-state index in [1.54, 1.807) is 0 Å². The fraction of sp³-hybridized carbons (Fsp3) is 0.667. The van der Waals surface area contributed by atoms with E-state index < -0.39 is 0 Å². The smallest absolute Gasteiger partial charge is 0.220 e. The highest BCUT2D eigenvalue weighted by atomic mass is 35.5. The fourth-order valence-electron chi connectivity index (χ4n) is 3.91. The van der Waals surface area contributed by atoms with Crippen molar-refractivity contribution in [1.82, 2.24) is 10.6 Å². The molecular weight excluding hydrogens is 348 g/mol. The van der Waals surface area contributed by atoms with E-state index in [0.717, 1.165) is 44.1 Å². The van der Waals surface area contributed by atoms with Gasteiger partial charge in [-0.3, -0.25) is 4.79 Å². The number of piperidine rings is 1. The summed E-state index contributed by atoms with van der Waals surface area (Å²) >= 11 is 0. The van der Waals surface area contributed by atoms with E-state index in [2.05, 4.69) is 22.8 Å². The molecule has 1 aliphatic heterocycles. The Bertz CT molecular complexity index is 541. The van der Waals surface area contributed by atoms with Crippen LogP contribution < -0.4 is 15.4 Å². The minimum Gasteiger partial charge on any atom is -0.490 e. The molecule has 4 nitrogen and oxygen atoms in total. The number of benzene rings is 1. The lowest BCUT2D eigenvalue weighted by Crippen LogP contribution is -2.33. The van der Waals surface area contributed by atoms with Crippen LogP contribution in [0.4, 0.5) is 0 Å². The third-order valence-corrected chi connectivity index (χ3v) is 5.42. The fourth-order valence-corrected chi connectivity index (χ4v) is 3.91. The van der Waals surface area contributed by atoms with Gasteiger partial charge in [0.15, 0.2) is 0 Å². The van der Waals surface area contributed by atoms with Crippen molar-refractivity contribution < 1.29 is 9.53 Å². The summed E-state index contributed by atoms with van der Waals surface area (Å²) in [6.07, 6.45) is 10.2. The van der Waals surface area contributed by atoms with Crippen molar-refractivity contribution >= 4 is 18.3 Å². The predicted molar refractivity (Wildman–Crippen MR) is 108 cm³/mol. The predicted octanol–water partition coefficient (Wildman–Crippen LogP) is 3.87. The topological polar surface area (TPSA) is 50.4 Å². The van der Waals surface area contributed by atoms with Crippen LogP contribution in [0.2, 0.25) is 0 Å². The third-order valence-electron chi connectivity index (χ3n) is 5.42. The summed E-state index contributed by atoms with van der Waals surface area (Å²) in [5.41, 5.74) is 1.18. The van der Waals surface area contributed by atoms with Crippen molar-refractivity contribution in [2.24, 2.45) is 5.92 Å². The standard InChI is InChI=1S/C21H32N2O2.ClH/c24-21(23-14-12-18-6-4-13-22-16-18)11-10-17-5-3-9-20(15-17)25-19-7-1-2-8-19;/h3,5,9,15,18-19,22H,1-2,4,6-8,10-14,16H2,(H,23,24);1H. The van der Waals surface area contributed by atoms with Crippen molar-refractivity contribution in [2.45, 2.75) is 63.9 Å². The van der Waals surface area contributed by atoms with Crippen molar-refractivity contribution in [3.8, 4) is 5.75 Å². The van der Waals surface area contributed by atoms with E-state index in [1.807, 2.05) is 12.1 Å². The van der Waals surface area contributed by atoms with Gasteiger partial charge in [0.2, 0.25) is 5.91 Å². The van der Waals surface area contributed by atoms with Gasteiger partial charge in [-0.1, -0.05) is 12.1 Å². The summed E-state index contributed by atoms with van der Waals surface area (Å²) in [4.78, 5) is 12.1. The van der Waals surface area contributed by atoms with E-state index in [9.17, 15) is 4.79 Å². The zero-order valence-electron chi connectivity index (χ0n) is 15.7. The van der Waals surface area contributed by atoms with Crippen LogP contribution in [0.5, 0.6) is 5.75 Å². The summed E-state index contributed by atoms with van der Waals surface area (Å²) in [6, 6.07) is 8.25. The second-order valence-electron chi connectivity index (χ2n) is 7.52. The lowest BCUT2D eigenvalue weighted by atomic mass is 9.96. The molecule has 2 fully saturated rings. The normalized spacial score (nSPS) is 20.4. The molecule has 1 aromatic carbocycles. The first-order chi connectivity index (χ1) is 12.3. The Morgan fingerprint density at radius 1 is 1.19 bits per heavy atom. The minimum absolute atomic E-state index is 0. The van der Waals surface area contributed by atoms with Crippen molar-refractivity contribution in [3.63, 3.8) is 0 Å². The maximum absolute atomic E-state index is 12.1. The largest absolute Gasteiger partial charge is 0.490 e. The van der Waals surface area contributed by atoms with Crippen molar-refractivity contribution in [1.29, 1.82) is 0 Å². The first kappa shape index (κ1) is 21.0. The third kappa shape index (κ3) is 7.16. The van der Waals surface area contributed by atoms with Gasteiger partial charge in [0.1, 0.15) is 5.75 Å². The second kappa shape index (κ2) is 11.5. The molecule has 1 amide bonds. The number of hydrogen-bond donors (Lipinski definition) is 2. The Morgan fingerprint density at radius 3 is 2.81 bits per heavy atom.